The van der Waals surface area contributed by atoms with E-state index in [-0.39, 0.29) is 23.8 Å². The number of carbonyl (C=O) groups excluding carboxylic acids is 2. The highest BCUT2D eigenvalue weighted by Gasteiger charge is 2.45. The van der Waals surface area contributed by atoms with E-state index in [1.54, 1.807) is 6.20 Å². The minimum atomic E-state index is -0.190. The van der Waals surface area contributed by atoms with Gasteiger partial charge in [-0.3, -0.25) is 9.78 Å². The number of carbonyl (C=O) groups is 2. The molecule has 36 heavy (non-hydrogen) atoms. The van der Waals surface area contributed by atoms with E-state index in [0.717, 1.165) is 48.6 Å². The second-order valence-corrected chi connectivity index (χ2v) is 10.0. The van der Waals surface area contributed by atoms with Crippen molar-refractivity contribution in [1.82, 2.24) is 14.9 Å². The summed E-state index contributed by atoms with van der Waals surface area (Å²) in [5.74, 6) is 1.12. The molecule has 0 radical (unpaired) electrons. The number of nitrogens with one attached hydrogen (secondary N) is 1. The maximum atomic E-state index is 12.8. The summed E-state index contributed by atoms with van der Waals surface area (Å²) in [4.78, 5) is 35.8. The maximum absolute atomic E-state index is 12.8. The Balaban J connectivity index is 1.23. The number of amides is 2. The largest absolute Gasteiger partial charge is 0.449 e. The fraction of sp³-hybridized carbons (Fsp3) is 0.448. The fourth-order valence-electron chi connectivity index (χ4n) is 5.23. The molecule has 7 heteroatoms. The van der Waals surface area contributed by atoms with Gasteiger partial charge in [0.05, 0.1) is 6.61 Å². The van der Waals surface area contributed by atoms with Gasteiger partial charge in [-0.1, -0.05) is 25.5 Å². The van der Waals surface area contributed by atoms with Gasteiger partial charge in [0, 0.05) is 48.4 Å². The summed E-state index contributed by atoms with van der Waals surface area (Å²) in [6.07, 6.45) is 8.00. The molecule has 2 fully saturated rings. The van der Waals surface area contributed by atoms with Crippen molar-refractivity contribution < 1.29 is 14.3 Å². The average Bonchev–Trinajstić information content (AvgIpc) is 3.71. The van der Waals surface area contributed by atoms with Crippen LogP contribution in [0.5, 0.6) is 0 Å². The highest BCUT2D eigenvalue weighted by molar-refractivity contribution is 5.96. The zero-order valence-electron chi connectivity index (χ0n) is 21.1. The topological polar surface area (TPSA) is 84.4 Å². The summed E-state index contributed by atoms with van der Waals surface area (Å²) in [5.41, 5.74) is 3.52. The van der Waals surface area contributed by atoms with E-state index in [9.17, 15) is 9.59 Å². The van der Waals surface area contributed by atoms with Crippen LogP contribution >= 0.6 is 0 Å². The van der Waals surface area contributed by atoms with Crippen molar-refractivity contribution >= 4 is 28.6 Å². The third-order valence-electron chi connectivity index (χ3n) is 7.47. The second kappa shape index (κ2) is 10.6. The molecule has 0 bridgehead atoms. The summed E-state index contributed by atoms with van der Waals surface area (Å²) >= 11 is 0. The van der Waals surface area contributed by atoms with Crippen LogP contribution in [0.1, 0.15) is 67.7 Å². The van der Waals surface area contributed by atoms with E-state index in [1.165, 1.54) is 11.1 Å². The normalized spacial score (nSPS) is 19.8. The quantitative estimate of drug-likeness (QED) is 0.427. The molecular weight excluding hydrogens is 452 g/mol. The Morgan fingerprint density at radius 1 is 1.11 bits per heavy atom. The molecule has 1 saturated heterocycles. The first-order chi connectivity index (χ1) is 17.5. The van der Waals surface area contributed by atoms with E-state index >= 15 is 0 Å². The summed E-state index contributed by atoms with van der Waals surface area (Å²) in [5, 5.41) is 5.14. The van der Waals surface area contributed by atoms with Crippen LogP contribution in [0.25, 0.3) is 10.8 Å². The molecule has 5 rings (SSSR count). The molecule has 3 heterocycles. The number of hydrogen-bond acceptors (Lipinski definition) is 5. The summed E-state index contributed by atoms with van der Waals surface area (Å²) in [7, 11) is 0. The number of likely N-dealkylation sites (tertiary alicyclic amines) is 1. The van der Waals surface area contributed by atoms with Crippen LogP contribution in [-0.2, 0) is 9.53 Å². The number of pyridine rings is 2. The Labute approximate surface area is 212 Å². The predicted molar refractivity (Wildman–Crippen MR) is 140 cm³/mol. The van der Waals surface area contributed by atoms with Gasteiger partial charge >= 0.3 is 6.09 Å². The number of piperidine rings is 1. The zero-order valence-corrected chi connectivity index (χ0v) is 21.1. The number of rotatable bonds is 7. The van der Waals surface area contributed by atoms with Crippen LogP contribution in [0, 0.1) is 12.8 Å². The first-order valence-electron chi connectivity index (χ1n) is 13.1. The Morgan fingerprint density at radius 3 is 2.69 bits per heavy atom. The van der Waals surface area contributed by atoms with Gasteiger partial charge < -0.3 is 15.0 Å². The molecule has 1 N–H and O–H groups in total. The lowest BCUT2D eigenvalue weighted by Gasteiger charge is -2.32. The average molecular weight is 487 g/mol. The standard InChI is InChI=1S/C29H34N4O3/c1-3-4-13-36-29(35)33-11-8-20(9-12-33)23-15-21-16-27(31-18-22(21)14-19(23)2)32-28(34)25-17-24(25)26-7-5-6-10-30-26/h5-7,10,14-16,18,20,24-25H,3-4,8-9,11-13,17H2,1-2H3,(H,31,32,34). The van der Waals surface area contributed by atoms with Crippen molar-refractivity contribution in [3.05, 3.63) is 65.6 Å². The van der Waals surface area contributed by atoms with E-state index < -0.39 is 0 Å². The third-order valence-corrected chi connectivity index (χ3v) is 7.47. The van der Waals surface area contributed by atoms with Gasteiger partial charge in [0.25, 0.3) is 0 Å². The lowest BCUT2D eigenvalue weighted by Crippen LogP contribution is -2.38. The molecule has 3 aromatic rings. The number of aromatic nitrogens is 2. The second-order valence-electron chi connectivity index (χ2n) is 10.0. The van der Waals surface area contributed by atoms with Gasteiger partial charge in [-0.05, 0) is 79.3 Å². The number of ether oxygens (including phenoxy) is 1. The number of nitrogens with zero attached hydrogens (tertiary/aromatic N) is 3. The van der Waals surface area contributed by atoms with Gasteiger partial charge in [0.1, 0.15) is 5.82 Å². The van der Waals surface area contributed by atoms with E-state index in [2.05, 4.69) is 41.3 Å². The molecule has 1 aliphatic carbocycles. The third kappa shape index (κ3) is 5.35. The Hall–Kier alpha value is -3.48. The van der Waals surface area contributed by atoms with E-state index in [0.29, 0.717) is 31.4 Å². The van der Waals surface area contributed by atoms with Crippen molar-refractivity contribution in [3.8, 4) is 0 Å². The monoisotopic (exact) mass is 486 g/mol. The highest BCUT2D eigenvalue weighted by atomic mass is 16.6. The molecule has 2 amide bonds. The lowest BCUT2D eigenvalue weighted by atomic mass is 9.85. The van der Waals surface area contributed by atoms with Crippen LogP contribution in [0.15, 0.2) is 48.8 Å². The van der Waals surface area contributed by atoms with Crippen LogP contribution in [-0.4, -0.2) is 46.6 Å². The minimum absolute atomic E-state index is 0.00281. The first-order valence-corrected chi connectivity index (χ1v) is 13.1. The Morgan fingerprint density at radius 2 is 1.94 bits per heavy atom. The molecule has 1 saturated carbocycles. The summed E-state index contributed by atoms with van der Waals surface area (Å²) in [6.45, 7) is 6.15. The van der Waals surface area contributed by atoms with Gasteiger partial charge in [-0.2, -0.15) is 0 Å². The number of benzene rings is 1. The van der Waals surface area contributed by atoms with Crippen LogP contribution in [0.4, 0.5) is 10.6 Å². The van der Waals surface area contributed by atoms with E-state index in [1.807, 2.05) is 35.4 Å². The fourth-order valence-corrected chi connectivity index (χ4v) is 5.23. The number of unbranched alkanes of at least 4 members (excludes halogenated alkanes) is 1. The van der Waals surface area contributed by atoms with Crippen LogP contribution in [0.3, 0.4) is 0 Å². The Kier molecular flexibility index (Phi) is 7.16. The molecule has 2 atom stereocenters. The molecule has 0 spiro atoms. The number of hydrogen-bond donors (Lipinski definition) is 1. The molecular formula is C29H34N4O3. The number of anilines is 1. The summed E-state index contributed by atoms with van der Waals surface area (Å²) < 4.78 is 5.38. The van der Waals surface area contributed by atoms with Crippen molar-refractivity contribution in [2.75, 3.05) is 25.0 Å². The predicted octanol–water partition coefficient (Wildman–Crippen LogP) is 5.80. The number of fused-ring (bicyclic) bond motifs is 1. The molecule has 188 valence electrons. The van der Waals surface area contributed by atoms with Crippen molar-refractivity contribution in [2.45, 2.75) is 57.8 Å². The molecule has 2 aliphatic rings. The van der Waals surface area contributed by atoms with Crippen LogP contribution < -0.4 is 5.32 Å². The zero-order chi connectivity index (χ0) is 25.1. The maximum Gasteiger partial charge on any atom is 0.409 e. The molecule has 2 aromatic heterocycles. The summed E-state index contributed by atoms with van der Waals surface area (Å²) in [6, 6.07) is 12.2. The van der Waals surface area contributed by atoms with Crippen LogP contribution in [0.2, 0.25) is 0 Å². The molecule has 1 aromatic carbocycles. The number of aryl methyl sites for hydroxylation is 1. The Bertz CT molecular complexity index is 1240. The van der Waals surface area contributed by atoms with Gasteiger partial charge in [-0.15, -0.1) is 0 Å². The first kappa shape index (κ1) is 24.2. The lowest BCUT2D eigenvalue weighted by molar-refractivity contribution is -0.117. The van der Waals surface area contributed by atoms with Crippen molar-refractivity contribution in [1.29, 1.82) is 0 Å². The SMILES string of the molecule is CCCCOC(=O)N1CCC(c2cc3cc(NC(=O)C4CC4c4ccccn4)ncc3cc2C)CC1. The van der Waals surface area contributed by atoms with Gasteiger partial charge in [0.2, 0.25) is 5.91 Å². The smallest absolute Gasteiger partial charge is 0.409 e. The van der Waals surface area contributed by atoms with E-state index in [4.69, 9.17) is 4.74 Å². The molecule has 1 aliphatic heterocycles. The van der Waals surface area contributed by atoms with Gasteiger partial charge in [0.15, 0.2) is 0 Å². The molecule has 7 nitrogen and oxygen atoms in total. The van der Waals surface area contributed by atoms with Crippen molar-refractivity contribution in [2.24, 2.45) is 5.92 Å². The highest BCUT2D eigenvalue weighted by Crippen LogP contribution is 2.47. The molecule has 2 unspecified atom stereocenters. The van der Waals surface area contributed by atoms with Crippen molar-refractivity contribution in [3.63, 3.8) is 0 Å². The van der Waals surface area contributed by atoms with Gasteiger partial charge in [-0.25, -0.2) is 9.78 Å². The minimum Gasteiger partial charge on any atom is -0.449 e.